The van der Waals surface area contributed by atoms with Gasteiger partial charge in [0.2, 0.25) is 15.9 Å². The summed E-state index contributed by atoms with van der Waals surface area (Å²) in [5.41, 5.74) is 10.1. The van der Waals surface area contributed by atoms with Crippen LogP contribution in [0.5, 0.6) is 5.75 Å². The van der Waals surface area contributed by atoms with Gasteiger partial charge in [0.1, 0.15) is 5.75 Å². The van der Waals surface area contributed by atoms with E-state index in [-0.39, 0.29) is 11.3 Å². The molecule has 3 aliphatic rings. The molecule has 0 bridgehead atoms. The van der Waals surface area contributed by atoms with E-state index in [0.29, 0.717) is 32.7 Å². The fraction of sp³-hybridized carbons (Fsp3) is 0.423. The quantitative estimate of drug-likeness (QED) is 0.725. The van der Waals surface area contributed by atoms with Crippen LogP contribution in [0.1, 0.15) is 36.8 Å². The SMILES string of the molecule is CS(=O)(=O)N1CC2(CCN(C(=O)C(N)CC3=Cc4ccccc4OCC3)CC2)c2ccccc21. The zero-order valence-corrected chi connectivity index (χ0v) is 20.3. The number of anilines is 1. The topological polar surface area (TPSA) is 92.9 Å². The Labute approximate surface area is 201 Å². The molecule has 1 amide bonds. The summed E-state index contributed by atoms with van der Waals surface area (Å²) in [7, 11) is -3.36. The number of rotatable bonds is 4. The Morgan fingerprint density at radius 2 is 1.82 bits per heavy atom. The molecule has 1 spiro atoms. The van der Waals surface area contributed by atoms with Crippen molar-refractivity contribution in [2.45, 2.75) is 37.1 Å². The van der Waals surface area contributed by atoms with Crippen LogP contribution in [-0.4, -0.2) is 57.8 Å². The molecule has 0 radical (unpaired) electrons. The largest absolute Gasteiger partial charge is 0.493 e. The van der Waals surface area contributed by atoms with Crippen molar-refractivity contribution in [3.63, 3.8) is 0 Å². The predicted molar refractivity (Wildman–Crippen MR) is 133 cm³/mol. The average molecular weight is 482 g/mol. The summed E-state index contributed by atoms with van der Waals surface area (Å²) in [5.74, 6) is 0.819. The van der Waals surface area contributed by atoms with Gasteiger partial charge in [-0.15, -0.1) is 0 Å². The summed E-state index contributed by atoms with van der Waals surface area (Å²) in [5, 5.41) is 0. The second kappa shape index (κ2) is 8.74. The zero-order chi connectivity index (χ0) is 23.9. The number of nitrogens with two attached hydrogens (primary N) is 1. The smallest absolute Gasteiger partial charge is 0.239 e. The Balaban J connectivity index is 1.26. The Morgan fingerprint density at radius 1 is 1.12 bits per heavy atom. The van der Waals surface area contributed by atoms with Crippen molar-refractivity contribution in [2.24, 2.45) is 5.73 Å². The monoisotopic (exact) mass is 481 g/mol. The van der Waals surface area contributed by atoms with Gasteiger partial charge in [0.25, 0.3) is 0 Å². The van der Waals surface area contributed by atoms with Gasteiger partial charge in [0.05, 0.1) is 24.6 Å². The third-order valence-electron chi connectivity index (χ3n) is 7.38. The molecule has 7 nitrogen and oxygen atoms in total. The molecule has 180 valence electrons. The lowest BCUT2D eigenvalue weighted by molar-refractivity contribution is -0.134. The molecule has 2 N–H and O–H groups in total. The molecule has 1 fully saturated rings. The maximum Gasteiger partial charge on any atom is 0.239 e. The molecule has 1 atom stereocenters. The van der Waals surface area contributed by atoms with E-state index in [9.17, 15) is 13.2 Å². The molecule has 8 heteroatoms. The first kappa shape index (κ1) is 22.9. The molecule has 2 aromatic carbocycles. The molecule has 2 aromatic rings. The lowest BCUT2D eigenvalue weighted by atomic mass is 9.74. The third kappa shape index (κ3) is 4.20. The molecule has 1 saturated heterocycles. The summed E-state index contributed by atoms with van der Waals surface area (Å²) in [6.45, 7) is 2.16. The first-order valence-corrected chi connectivity index (χ1v) is 13.6. The number of carbonyl (C=O) groups is 1. The van der Waals surface area contributed by atoms with E-state index in [0.717, 1.165) is 47.4 Å². The first-order valence-electron chi connectivity index (χ1n) is 11.8. The van der Waals surface area contributed by atoms with Crippen molar-refractivity contribution < 1.29 is 17.9 Å². The lowest BCUT2D eigenvalue weighted by Crippen LogP contribution is -2.51. The molecule has 0 aromatic heterocycles. The number of carbonyl (C=O) groups excluding carboxylic acids is 1. The minimum atomic E-state index is -3.36. The molecule has 34 heavy (non-hydrogen) atoms. The van der Waals surface area contributed by atoms with Gasteiger partial charge in [-0.05, 0) is 37.0 Å². The molecular weight excluding hydrogens is 450 g/mol. The molecular formula is C26H31N3O4S. The molecule has 3 heterocycles. The summed E-state index contributed by atoms with van der Waals surface area (Å²) in [4.78, 5) is 15.1. The van der Waals surface area contributed by atoms with Crippen molar-refractivity contribution in [1.29, 1.82) is 0 Å². The van der Waals surface area contributed by atoms with Gasteiger partial charge < -0.3 is 15.4 Å². The van der Waals surface area contributed by atoms with Gasteiger partial charge in [-0.1, -0.05) is 48.0 Å². The number of benzene rings is 2. The zero-order valence-electron chi connectivity index (χ0n) is 19.4. The van der Waals surface area contributed by atoms with Gasteiger partial charge >= 0.3 is 0 Å². The fourth-order valence-corrected chi connectivity index (χ4v) is 6.54. The van der Waals surface area contributed by atoms with E-state index < -0.39 is 16.1 Å². The highest BCUT2D eigenvalue weighted by molar-refractivity contribution is 7.92. The second-order valence-electron chi connectivity index (χ2n) is 9.64. The average Bonchev–Trinajstić information content (AvgIpc) is 3.00. The number of hydrogen-bond donors (Lipinski definition) is 1. The first-order chi connectivity index (χ1) is 16.3. The standard InChI is InChI=1S/C26H31N3O4S/c1-34(31,32)29-18-26(21-7-3-4-8-23(21)29)11-13-28(14-12-26)25(30)22(27)17-19-10-15-33-24-9-5-2-6-20(24)16-19/h2-9,16,22H,10-15,17-18,27H2,1H3. The summed E-state index contributed by atoms with van der Waals surface area (Å²) in [6.07, 6.45) is 6.04. The van der Waals surface area contributed by atoms with Gasteiger partial charge in [-0.2, -0.15) is 0 Å². The molecule has 0 saturated carbocycles. The highest BCUT2D eigenvalue weighted by atomic mass is 32.2. The van der Waals surface area contributed by atoms with Crippen molar-refractivity contribution in [2.75, 3.05) is 36.8 Å². The van der Waals surface area contributed by atoms with Gasteiger partial charge in [0, 0.05) is 37.0 Å². The Kier molecular flexibility index (Phi) is 5.90. The molecule has 5 rings (SSSR count). The maximum atomic E-state index is 13.2. The van der Waals surface area contributed by atoms with E-state index in [1.807, 2.05) is 53.4 Å². The third-order valence-corrected chi connectivity index (χ3v) is 8.51. The minimum absolute atomic E-state index is 0.0412. The van der Waals surface area contributed by atoms with Crippen LogP contribution in [0, 0.1) is 0 Å². The lowest BCUT2D eigenvalue weighted by Gasteiger charge is -2.40. The van der Waals surface area contributed by atoms with Crippen LogP contribution < -0.4 is 14.8 Å². The van der Waals surface area contributed by atoms with Crippen molar-refractivity contribution in [3.8, 4) is 5.75 Å². The van der Waals surface area contributed by atoms with Crippen molar-refractivity contribution in [1.82, 2.24) is 4.90 Å². The van der Waals surface area contributed by atoms with Crippen LogP contribution in [0.4, 0.5) is 5.69 Å². The Hall–Kier alpha value is -2.84. The number of fused-ring (bicyclic) bond motifs is 3. The number of para-hydroxylation sites is 2. The van der Waals surface area contributed by atoms with Crippen LogP contribution in [0.15, 0.2) is 54.1 Å². The van der Waals surface area contributed by atoms with Crippen molar-refractivity contribution in [3.05, 3.63) is 65.2 Å². The van der Waals surface area contributed by atoms with E-state index in [1.54, 1.807) is 0 Å². The van der Waals surface area contributed by atoms with Crippen LogP contribution >= 0.6 is 0 Å². The van der Waals surface area contributed by atoms with E-state index in [2.05, 4.69) is 6.08 Å². The van der Waals surface area contributed by atoms with Crippen LogP contribution in [0.2, 0.25) is 0 Å². The van der Waals surface area contributed by atoms with Crippen LogP contribution in [0.25, 0.3) is 6.08 Å². The van der Waals surface area contributed by atoms with Gasteiger partial charge in [-0.25, -0.2) is 8.42 Å². The summed E-state index contributed by atoms with van der Waals surface area (Å²) in [6, 6.07) is 15.0. The normalized spacial score (nSPS) is 20.1. The van der Waals surface area contributed by atoms with Gasteiger partial charge in [0.15, 0.2) is 0 Å². The number of ether oxygens (including phenoxy) is 1. The number of sulfonamides is 1. The summed E-state index contributed by atoms with van der Waals surface area (Å²) >= 11 is 0. The predicted octanol–water partition coefficient (Wildman–Crippen LogP) is 2.91. The van der Waals surface area contributed by atoms with E-state index in [1.165, 1.54) is 10.6 Å². The Bertz CT molecular complexity index is 1230. The highest BCUT2D eigenvalue weighted by Gasteiger charge is 2.47. The number of nitrogens with zero attached hydrogens (tertiary/aromatic N) is 2. The Morgan fingerprint density at radius 3 is 2.59 bits per heavy atom. The maximum absolute atomic E-state index is 13.2. The van der Waals surface area contributed by atoms with Gasteiger partial charge in [-0.3, -0.25) is 9.10 Å². The summed E-state index contributed by atoms with van der Waals surface area (Å²) < 4.78 is 32.1. The number of hydrogen-bond acceptors (Lipinski definition) is 5. The molecule has 3 aliphatic heterocycles. The number of amides is 1. The second-order valence-corrected chi connectivity index (χ2v) is 11.5. The van der Waals surface area contributed by atoms with Crippen molar-refractivity contribution >= 4 is 27.7 Å². The van der Waals surface area contributed by atoms with E-state index >= 15 is 0 Å². The molecule has 0 aliphatic carbocycles. The van der Waals surface area contributed by atoms with Crippen LogP contribution in [-0.2, 0) is 20.2 Å². The van der Waals surface area contributed by atoms with Crippen LogP contribution in [0.3, 0.4) is 0 Å². The van der Waals surface area contributed by atoms with E-state index in [4.69, 9.17) is 10.5 Å². The number of likely N-dealkylation sites (tertiary alicyclic amines) is 1. The minimum Gasteiger partial charge on any atom is -0.493 e. The molecule has 1 unspecified atom stereocenters. The fourth-order valence-electron chi connectivity index (χ4n) is 5.54. The number of piperidine rings is 1. The highest BCUT2D eigenvalue weighted by Crippen LogP contribution is 2.47.